The van der Waals surface area contributed by atoms with E-state index >= 15 is 0 Å². The van der Waals surface area contributed by atoms with Crippen molar-refractivity contribution in [3.63, 3.8) is 0 Å². The van der Waals surface area contributed by atoms with Crippen molar-refractivity contribution in [3.8, 4) is 0 Å². The highest BCUT2D eigenvalue weighted by molar-refractivity contribution is 5.93. The SMILES string of the molecule is CCOC(=O)N1CCC(NC(=O)c2cnc(Nc3ccc(CC)cc3)nc2)CC1. The van der Waals surface area contributed by atoms with E-state index in [1.54, 1.807) is 11.8 Å². The van der Waals surface area contributed by atoms with Crippen LogP contribution in [0.2, 0.25) is 0 Å². The first-order chi connectivity index (χ1) is 14.1. The van der Waals surface area contributed by atoms with Crippen molar-refractivity contribution in [1.29, 1.82) is 0 Å². The normalized spacial score (nSPS) is 14.3. The van der Waals surface area contributed by atoms with Gasteiger partial charge in [0.05, 0.1) is 12.2 Å². The Morgan fingerprint density at radius 1 is 1.10 bits per heavy atom. The lowest BCUT2D eigenvalue weighted by Crippen LogP contribution is -2.46. The molecular formula is C21H27N5O3. The van der Waals surface area contributed by atoms with Crippen LogP contribution in [0, 0.1) is 0 Å². The summed E-state index contributed by atoms with van der Waals surface area (Å²) < 4.78 is 5.01. The summed E-state index contributed by atoms with van der Waals surface area (Å²) in [6, 6.07) is 8.08. The molecule has 2 N–H and O–H groups in total. The Bertz CT molecular complexity index is 815. The molecule has 0 spiro atoms. The Morgan fingerprint density at radius 3 is 2.34 bits per heavy atom. The average molecular weight is 397 g/mol. The van der Waals surface area contributed by atoms with E-state index in [1.807, 2.05) is 12.1 Å². The van der Waals surface area contributed by atoms with Crippen LogP contribution in [0.25, 0.3) is 0 Å². The first-order valence-electron chi connectivity index (χ1n) is 9.99. The molecule has 2 aromatic rings. The molecule has 1 fully saturated rings. The lowest BCUT2D eigenvalue weighted by molar-refractivity contribution is 0.0859. The van der Waals surface area contributed by atoms with Crippen LogP contribution in [-0.4, -0.2) is 52.6 Å². The molecule has 0 radical (unpaired) electrons. The summed E-state index contributed by atoms with van der Waals surface area (Å²) in [6.07, 6.45) is 5.11. The Balaban J connectivity index is 1.49. The Morgan fingerprint density at radius 2 is 1.76 bits per heavy atom. The van der Waals surface area contributed by atoms with Crippen LogP contribution in [0.15, 0.2) is 36.7 Å². The van der Waals surface area contributed by atoms with Gasteiger partial charge in [0.1, 0.15) is 0 Å². The third-order valence-corrected chi connectivity index (χ3v) is 4.89. The van der Waals surface area contributed by atoms with Gasteiger partial charge in [-0.2, -0.15) is 0 Å². The lowest BCUT2D eigenvalue weighted by Gasteiger charge is -2.31. The maximum Gasteiger partial charge on any atom is 0.409 e. The Kier molecular flexibility index (Phi) is 6.99. The van der Waals surface area contributed by atoms with E-state index < -0.39 is 0 Å². The van der Waals surface area contributed by atoms with E-state index in [1.165, 1.54) is 18.0 Å². The predicted molar refractivity (Wildman–Crippen MR) is 110 cm³/mol. The minimum absolute atomic E-state index is 0.0167. The minimum Gasteiger partial charge on any atom is -0.450 e. The fourth-order valence-electron chi connectivity index (χ4n) is 3.15. The molecule has 1 saturated heterocycles. The van der Waals surface area contributed by atoms with Crippen molar-refractivity contribution in [3.05, 3.63) is 47.8 Å². The van der Waals surface area contributed by atoms with Gasteiger partial charge >= 0.3 is 6.09 Å². The van der Waals surface area contributed by atoms with E-state index in [-0.39, 0.29) is 18.0 Å². The molecule has 3 rings (SSSR count). The van der Waals surface area contributed by atoms with E-state index in [9.17, 15) is 9.59 Å². The highest BCUT2D eigenvalue weighted by Gasteiger charge is 2.25. The highest BCUT2D eigenvalue weighted by atomic mass is 16.6. The lowest BCUT2D eigenvalue weighted by atomic mass is 10.1. The third kappa shape index (κ3) is 5.66. The summed E-state index contributed by atoms with van der Waals surface area (Å²) in [5.41, 5.74) is 2.56. The summed E-state index contributed by atoms with van der Waals surface area (Å²) in [5, 5.41) is 6.12. The largest absolute Gasteiger partial charge is 0.450 e. The molecule has 1 aromatic heterocycles. The number of ether oxygens (including phenoxy) is 1. The molecule has 0 bridgehead atoms. The fourth-order valence-corrected chi connectivity index (χ4v) is 3.15. The maximum atomic E-state index is 12.5. The van der Waals surface area contributed by atoms with E-state index in [4.69, 9.17) is 4.74 Å². The van der Waals surface area contributed by atoms with Gasteiger partial charge in [-0.15, -0.1) is 0 Å². The third-order valence-electron chi connectivity index (χ3n) is 4.89. The van der Waals surface area contributed by atoms with E-state index in [0.717, 1.165) is 12.1 Å². The van der Waals surface area contributed by atoms with E-state index in [2.05, 4.69) is 39.7 Å². The number of aromatic nitrogens is 2. The maximum absolute atomic E-state index is 12.5. The smallest absolute Gasteiger partial charge is 0.409 e. The molecular weight excluding hydrogens is 370 g/mol. The van der Waals surface area contributed by atoms with Gasteiger partial charge in [0.15, 0.2) is 0 Å². The highest BCUT2D eigenvalue weighted by Crippen LogP contribution is 2.15. The number of rotatable bonds is 6. The quantitative estimate of drug-likeness (QED) is 0.777. The summed E-state index contributed by atoms with van der Waals surface area (Å²) >= 11 is 0. The number of piperidine rings is 1. The monoisotopic (exact) mass is 397 g/mol. The number of nitrogens with one attached hydrogen (secondary N) is 2. The van der Waals surface area contributed by atoms with Crippen LogP contribution >= 0.6 is 0 Å². The van der Waals surface area contributed by atoms with Crippen molar-refractivity contribution in [1.82, 2.24) is 20.2 Å². The van der Waals surface area contributed by atoms with Crippen molar-refractivity contribution >= 4 is 23.6 Å². The molecule has 1 aliphatic rings. The van der Waals surface area contributed by atoms with Crippen molar-refractivity contribution in [2.75, 3.05) is 25.0 Å². The van der Waals surface area contributed by atoms with Gasteiger partial charge in [0, 0.05) is 37.2 Å². The molecule has 8 nitrogen and oxygen atoms in total. The number of aryl methyl sites for hydroxylation is 1. The van der Waals surface area contributed by atoms with Gasteiger partial charge in [0.2, 0.25) is 5.95 Å². The molecule has 2 heterocycles. The second kappa shape index (κ2) is 9.86. The zero-order chi connectivity index (χ0) is 20.6. The summed E-state index contributed by atoms with van der Waals surface area (Å²) in [5.74, 6) is 0.229. The summed E-state index contributed by atoms with van der Waals surface area (Å²) in [4.78, 5) is 34.3. The van der Waals surface area contributed by atoms with Gasteiger partial charge in [-0.25, -0.2) is 14.8 Å². The first kappa shape index (κ1) is 20.6. The summed E-state index contributed by atoms with van der Waals surface area (Å²) in [7, 11) is 0. The molecule has 29 heavy (non-hydrogen) atoms. The molecule has 0 unspecified atom stereocenters. The zero-order valence-corrected chi connectivity index (χ0v) is 16.9. The van der Waals surface area contributed by atoms with Crippen LogP contribution in [0.5, 0.6) is 0 Å². The molecule has 1 aliphatic heterocycles. The van der Waals surface area contributed by atoms with Crippen LogP contribution in [-0.2, 0) is 11.2 Å². The molecule has 0 aliphatic carbocycles. The van der Waals surface area contributed by atoms with Gasteiger partial charge in [0.25, 0.3) is 5.91 Å². The van der Waals surface area contributed by atoms with Crippen molar-refractivity contribution < 1.29 is 14.3 Å². The van der Waals surface area contributed by atoms with Crippen molar-refractivity contribution in [2.45, 2.75) is 39.2 Å². The molecule has 0 atom stereocenters. The van der Waals surface area contributed by atoms with Crippen LogP contribution < -0.4 is 10.6 Å². The standard InChI is InChI=1S/C21H27N5O3/c1-3-15-5-7-17(8-6-15)25-20-22-13-16(14-23-20)19(27)24-18-9-11-26(12-10-18)21(28)29-4-2/h5-8,13-14,18H,3-4,9-12H2,1-2H3,(H,24,27)(H,22,23,25). The molecule has 1 aromatic carbocycles. The number of carbonyl (C=O) groups is 2. The number of nitrogens with zero attached hydrogens (tertiary/aromatic N) is 3. The number of amides is 2. The van der Waals surface area contributed by atoms with E-state index in [0.29, 0.717) is 44.0 Å². The molecule has 0 saturated carbocycles. The predicted octanol–water partition coefficient (Wildman–Crippen LogP) is 3.13. The first-order valence-corrected chi connectivity index (χ1v) is 9.99. The Hall–Kier alpha value is -3.16. The number of carbonyl (C=O) groups excluding carboxylic acids is 2. The molecule has 8 heteroatoms. The minimum atomic E-state index is -0.293. The number of benzene rings is 1. The fraction of sp³-hybridized carbons (Fsp3) is 0.429. The summed E-state index contributed by atoms with van der Waals surface area (Å²) in [6.45, 7) is 5.40. The van der Waals surface area contributed by atoms with Gasteiger partial charge in [-0.05, 0) is 43.9 Å². The zero-order valence-electron chi connectivity index (χ0n) is 16.9. The average Bonchev–Trinajstić information content (AvgIpc) is 2.75. The van der Waals surface area contributed by atoms with Crippen LogP contribution in [0.4, 0.5) is 16.4 Å². The second-order valence-electron chi connectivity index (χ2n) is 6.90. The number of hydrogen-bond acceptors (Lipinski definition) is 6. The van der Waals surface area contributed by atoms with Crippen molar-refractivity contribution in [2.24, 2.45) is 0 Å². The van der Waals surface area contributed by atoms with Gasteiger partial charge in [-0.3, -0.25) is 4.79 Å². The number of likely N-dealkylation sites (tertiary alicyclic amines) is 1. The van der Waals surface area contributed by atoms with Gasteiger partial charge in [-0.1, -0.05) is 19.1 Å². The number of hydrogen-bond donors (Lipinski definition) is 2. The topological polar surface area (TPSA) is 96.5 Å². The second-order valence-corrected chi connectivity index (χ2v) is 6.90. The van der Waals surface area contributed by atoms with Crippen LogP contribution in [0.1, 0.15) is 42.6 Å². The van der Waals surface area contributed by atoms with Crippen LogP contribution in [0.3, 0.4) is 0 Å². The molecule has 154 valence electrons. The number of anilines is 2. The Labute approximate surface area is 170 Å². The molecule has 2 amide bonds. The van der Waals surface area contributed by atoms with Gasteiger partial charge < -0.3 is 20.3 Å².